The lowest BCUT2D eigenvalue weighted by molar-refractivity contribution is -0.118. The summed E-state index contributed by atoms with van der Waals surface area (Å²) in [7, 11) is 1.63. The molecule has 1 N–H and O–H groups in total. The number of carbonyl (C=O) groups excluding carboxylic acids is 1. The predicted molar refractivity (Wildman–Crippen MR) is 92.7 cm³/mol. The zero-order valence-corrected chi connectivity index (χ0v) is 14.1. The lowest BCUT2D eigenvalue weighted by Gasteiger charge is -2.05. The Morgan fingerprint density at radius 2 is 2.09 bits per heavy atom. The molecule has 1 amide bonds. The number of fused-ring (bicyclic) bond motifs is 1. The normalized spacial score (nSPS) is 10.8. The van der Waals surface area contributed by atoms with Gasteiger partial charge in [0.2, 0.25) is 5.91 Å². The van der Waals surface area contributed by atoms with Crippen molar-refractivity contribution in [2.24, 2.45) is 0 Å². The van der Waals surface area contributed by atoms with Crippen LogP contribution in [0.2, 0.25) is 5.02 Å². The molecule has 0 spiro atoms. The van der Waals surface area contributed by atoms with Crippen molar-refractivity contribution in [3.8, 4) is 11.1 Å². The van der Waals surface area contributed by atoms with Gasteiger partial charge in [0.1, 0.15) is 16.2 Å². The van der Waals surface area contributed by atoms with Gasteiger partial charge in [0.25, 0.3) is 0 Å². The molecule has 22 heavy (non-hydrogen) atoms. The summed E-state index contributed by atoms with van der Waals surface area (Å²) in [6, 6.07) is 7.68. The van der Waals surface area contributed by atoms with E-state index in [-0.39, 0.29) is 5.91 Å². The third-order valence-corrected chi connectivity index (χ3v) is 5.24. The summed E-state index contributed by atoms with van der Waals surface area (Å²) < 4.78 is 0. The van der Waals surface area contributed by atoms with E-state index in [1.165, 1.54) is 18.1 Å². The molecule has 0 aliphatic rings. The summed E-state index contributed by atoms with van der Waals surface area (Å²) in [5.41, 5.74) is 2.13. The third kappa shape index (κ3) is 3.09. The fourth-order valence-electron chi connectivity index (χ4n) is 2.01. The van der Waals surface area contributed by atoms with Crippen molar-refractivity contribution in [1.29, 1.82) is 0 Å². The maximum Gasteiger partial charge on any atom is 0.230 e. The number of nitrogens with one attached hydrogen (secondary N) is 1. The van der Waals surface area contributed by atoms with E-state index >= 15 is 0 Å². The number of benzene rings is 1. The molecule has 2 aromatic heterocycles. The topological polar surface area (TPSA) is 54.9 Å². The van der Waals surface area contributed by atoms with Crippen LogP contribution in [-0.2, 0) is 4.79 Å². The lowest BCUT2D eigenvalue weighted by Crippen LogP contribution is -2.19. The molecule has 1 aromatic carbocycles. The molecule has 4 nitrogen and oxygen atoms in total. The van der Waals surface area contributed by atoms with Crippen LogP contribution in [0.4, 0.5) is 0 Å². The van der Waals surface area contributed by atoms with E-state index in [0.717, 1.165) is 26.4 Å². The highest BCUT2D eigenvalue weighted by Gasteiger charge is 2.14. The van der Waals surface area contributed by atoms with Gasteiger partial charge in [-0.15, -0.1) is 11.3 Å². The van der Waals surface area contributed by atoms with E-state index in [2.05, 4.69) is 20.7 Å². The molecule has 0 fully saturated rings. The first kappa shape index (κ1) is 15.3. The van der Waals surface area contributed by atoms with Crippen molar-refractivity contribution in [2.45, 2.75) is 5.03 Å². The largest absolute Gasteiger partial charge is 0.358 e. The molecular formula is C15H12ClN3OS2. The van der Waals surface area contributed by atoms with Gasteiger partial charge in [0, 0.05) is 23.0 Å². The van der Waals surface area contributed by atoms with Crippen molar-refractivity contribution >= 4 is 50.8 Å². The van der Waals surface area contributed by atoms with Gasteiger partial charge in [0.05, 0.1) is 11.1 Å². The van der Waals surface area contributed by atoms with E-state index in [1.54, 1.807) is 18.4 Å². The molecule has 0 aliphatic heterocycles. The highest BCUT2D eigenvalue weighted by atomic mass is 35.5. The van der Waals surface area contributed by atoms with E-state index in [0.29, 0.717) is 10.8 Å². The number of hydrogen-bond donors (Lipinski definition) is 1. The maximum atomic E-state index is 11.5. The van der Waals surface area contributed by atoms with E-state index in [1.807, 2.05) is 24.3 Å². The lowest BCUT2D eigenvalue weighted by atomic mass is 10.1. The van der Waals surface area contributed by atoms with Crippen molar-refractivity contribution in [1.82, 2.24) is 15.3 Å². The first-order valence-corrected chi connectivity index (χ1v) is 8.75. The van der Waals surface area contributed by atoms with Crippen molar-refractivity contribution in [2.75, 3.05) is 12.8 Å². The fourth-order valence-corrected chi connectivity index (χ4v) is 4.00. The molecule has 112 valence electrons. The average Bonchev–Trinajstić information content (AvgIpc) is 2.98. The molecule has 0 aliphatic carbocycles. The zero-order valence-electron chi connectivity index (χ0n) is 11.7. The van der Waals surface area contributed by atoms with Crippen LogP contribution < -0.4 is 5.32 Å². The highest BCUT2D eigenvalue weighted by molar-refractivity contribution is 8.00. The van der Waals surface area contributed by atoms with Crippen LogP contribution in [0.15, 0.2) is 41.0 Å². The minimum Gasteiger partial charge on any atom is -0.358 e. The second kappa shape index (κ2) is 6.64. The SMILES string of the molecule is CNC(=O)CSc1ncnc2scc(-c3ccc(Cl)cc3)c12. The zero-order chi connectivity index (χ0) is 15.5. The van der Waals surface area contributed by atoms with Crippen LogP contribution >= 0.6 is 34.7 Å². The number of hydrogen-bond acceptors (Lipinski definition) is 5. The van der Waals surface area contributed by atoms with Crippen molar-refractivity contribution in [3.63, 3.8) is 0 Å². The Labute approximate surface area is 140 Å². The van der Waals surface area contributed by atoms with Gasteiger partial charge >= 0.3 is 0 Å². The minimum atomic E-state index is -0.0277. The number of carbonyl (C=O) groups is 1. The summed E-state index contributed by atoms with van der Waals surface area (Å²) in [4.78, 5) is 21.0. The van der Waals surface area contributed by atoms with Gasteiger partial charge in [0.15, 0.2) is 0 Å². The van der Waals surface area contributed by atoms with Gasteiger partial charge < -0.3 is 5.32 Å². The van der Waals surface area contributed by atoms with Gasteiger partial charge in [-0.2, -0.15) is 0 Å². The van der Waals surface area contributed by atoms with Gasteiger partial charge in [-0.05, 0) is 17.7 Å². The summed E-state index contributed by atoms with van der Waals surface area (Å²) in [5.74, 6) is 0.304. The van der Waals surface area contributed by atoms with Crippen LogP contribution in [0.5, 0.6) is 0 Å². The van der Waals surface area contributed by atoms with Crippen LogP contribution in [0.25, 0.3) is 21.3 Å². The van der Waals surface area contributed by atoms with Crippen LogP contribution in [0.1, 0.15) is 0 Å². The summed E-state index contributed by atoms with van der Waals surface area (Å²) >= 11 is 8.94. The van der Waals surface area contributed by atoms with E-state index < -0.39 is 0 Å². The first-order chi connectivity index (χ1) is 10.7. The Morgan fingerprint density at radius 1 is 1.32 bits per heavy atom. The molecule has 0 saturated carbocycles. The number of rotatable bonds is 4. The molecule has 0 unspecified atom stereocenters. The van der Waals surface area contributed by atoms with Gasteiger partial charge in [-0.1, -0.05) is 35.5 Å². The van der Waals surface area contributed by atoms with Crippen molar-refractivity contribution < 1.29 is 4.79 Å². The molecule has 3 aromatic rings. The quantitative estimate of drug-likeness (QED) is 0.574. The minimum absolute atomic E-state index is 0.0277. The second-order valence-electron chi connectivity index (χ2n) is 4.48. The molecule has 0 saturated heterocycles. The van der Waals surface area contributed by atoms with Crippen LogP contribution in [-0.4, -0.2) is 28.7 Å². The second-order valence-corrected chi connectivity index (χ2v) is 6.74. The maximum absolute atomic E-state index is 11.5. The standard InChI is InChI=1S/C15H12ClN3OS2/c1-17-12(20)7-22-15-13-11(6-21-14(13)18-8-19-15)9-2-4-10(16)5-3-9/h2-6,8H,7H2,1H3,(H,17,20). The van der Waals surface area contributed by atoms with Crippen LogP contribution in [0, 0.1) is 0 Å². The Kier molecular flexibility index (Phi) is 4.61. The van der Waals surface area contributed by atoms with Crippen molar-refractivity contribution in [3.05, 3.63) is 41.0 Å². The monoisotopic (exact) mass is 349 g/mol. The third-order valence-electron chi connectivity index (χ3n) is 3.11. The smallest absolute Gasteiger partial charge is 0.230 e. The summed E-state index contributed by atoms with van der Waals surface area (Å²) in [5, 5.41) is 7.19. The number of amides is 1. The number of nitrogens with zero attached hydrogens (tertiary/aromatic N) is 2. The Balaban J connectivity index is 2.04. The Bertz CT molecular complexity index is 817. The summed E-state index contributed by atoms with van der Waals surface area (Å²) in [6.07, 6.45) is 1.54. The molecule has 2 heterocycles. The molecular weight excluding hydrogens is 338 g/mol. The molecule has 0 atom stereocenters. The van der Waals surface area contributed by atoms with Gasteiger partial charge in [-0.25, -0.2) is 9.97 Å². The fraction of sp³-hybridized carbons (Fsp3) is 0.133. The Hall–Kier alpha value is -1.63. The summed E-state index contributed by atoms with van der Waals surface area (Å²) in [6.45, 7) is 0. The molecule has 3 rings (SSSR count). The highest BCUT2D eigenvalue weighted by Crippen LogP contribution is 2.37. The number of thiophene rings is 1. The van der Waals surface area contributed by atoms with Crippen LogP contribution in [0.3, 0.4) is 0 Å². The molecule has 0 bridgehead atoms. The van der Waals surface area contributed by atoms with E-state index in [4.69, 9.17) is 11.6 Å². The number of aromatic nitrogens is 2. The first-order valence-electron chi connectivity index (χ1n) is 6.50. The molecule has 0 radical (unpaired) electrons. The number of thioether (sulfide) groups is 1. The van der Waals surface area contributed by atoms with E-state index in [9.17, 15) is 4.79 Å². The average molecular weight is 350 g/mol. The van der Waals surface area contributed by atoms with Gasteiger partial charge in [-0.3, -0.25) is 4.79 Å². The number of halogens is 1. The predicted octanol–water partition coefficient (Wildman–Crippen LogP) is 3.85. The Morgan fingerprint density at radius 3 is 2.82 bits per heavy atom. The molecule has 7 heteroatoms.